The van der Waals surface area contributed by atoms with E-state index in [9.17, 15) is 0 Å². The van der Waals surface area contributed by atoms with E-state index < -0.39 is 8.07 Å². The maximum absolute atomic E-state index is 2.55. The van der Waals surface area contributed by atoms with Crippen molar-refractivity contribution in [1.29, 1.82) is 0 Å². The minimum absolute atomic E-state index is 0. The van der Waals surface area contributed by atoms with Gasteiger partial charge >= 0.3 is 205 Å². The molecule has 35 heavy (non-hydrogen) atoms. The van der Waals surface area contributed by atoms with Crippen LogP contribution in [0.2, 0.25) is 3.34 Å². The van der Waals surface area contributed by atoms with E-state index >= 15 is 0 Å². The fraction of sp³-hybridized carbons (Fsp3) is 0.0667. The molecule has 1 unspecified atom stereocenters. The Labute approximate surface area is 240 Å². The molecule has 0 fully saturated rings. The summed E-state index contributed by atoms with van der Waals surface area (Å²) in [5.41, 5.74) is 2.76. The molecule has 1 atom stereocenters. The Kier molecular flexibility index (Phi) is 10.9. The molecule has 0 radical (unpaired) electrons. The van der Waals surface area contributed by atoms with E-state index in [0.29, 0.717) is 0 Å². The third-order valence-electron chi connectivity index (χ3n) is 6.47. The van der Waals surface area contributed by atoms with Crippen LogP contribution in [0.4, 0.5) is 0 Å². The molecular weight excluding hydrogens is 543 g/mol. The van der Waals surface area contributed by atoms with Crippen LogP contribution in [0, 0.1) is 0 Å². The van der Waals surface area contributed by atoms with E-state index in [1.54, 1.807) is 0 Å². The van der Waals surface area contributed by atoms with Crippen molar-refractivity contribution in [2.75, 3.05) is 0 Å². The molecule has 0 aromatic heterocycles. The minimum atomic E-state index is -2.44. The zero-order valence-corrected chi connectivity index (χ0v) is 23.9. The number of benzene rings is 4. The maximum atomic E-state index is 2.55. The fourth-order valence-electron chi connectivity index (χ4n) is 5.08. The van der Waals surface area contributed by atoms with Gasteiger partial charge in [-0.25, -0.2) is 0 Å². The Morgan fingerprint density at radius 1 is 0.543 bits per heavy atom. The van der Waals surface area contributed by atoms with Gasteiger partial charge in [0.25, 0.3) is 0 Å². The molecule has 0 N–H and O–H groups in total. The third-order valence-corrected chi connectivity index (χ3v) is 13.9. The van der Waals surface area contributed by atoms with Gasteiger partial charge in [0.05, 0.1) is 0 Å². The van der Waals surface area contributed by atoms with E-state index in [2.05, 4.69) is 160 Å². The molecule has 0 saturated carbocycles. The standard InChI is InChI=1S/C30H25Si.3ClH.Ti/c1-5-13-25(14-6-1)23-26-21-22-30(24-26)31(27-15-7-2-8-16-27,28-17-9-3-10-18-28)29-19-11-4-12-20-29;;;;/h1-22,24H,23H2;3*1H;/q;;;;+3/p-3. The van der Waals surface area contributed by atoms with Crippen molar-refractivity contribution < 1.29 is 57.7 Å². The zero-order valence-electron chi connectivity index (χ0n) is 19.1. The average Bonchev–Trinajstić information content (AvgIpc) is 3.23. The van der Waals surface area contributed by atoms with Crippen molar-refractivity contribution in [3.63, 3.8) is 0 Å². The van der Waals surface area contributed by atoms with Gasteiger partial charge in [-0.15, -0.1) is 0 Å². The van der Waals surface area contributed by atoms with Crippen LogP contribution in [-0.4, -0.2) is 8.07 Å². The van der Waals surface area contributed by atoms with E-state index in [4.69, 9.17) is 0 Å². The topological polar surface area (TPSA) is 0 Å². The van der Waals surface area contributed by atoms with Crippen molar-refractivity contribution in [1.82, 2.24) is 0 Å². The van der Waals surface area contributed by atoms with Gasteiger partial charge in [-0.05, 0) is 0 Å². The monoisotopic (exact) mass is 566 g/mol. The molecule has 4 aromatic rings. The summed E-state index contributed by atoms with van der Waals surface area (Å²) in [5.74, 6) is 0. The van der Waals surface area contributed by atoms with Gasteiger partial charge in [-0.3, -0.25) is 0 Å². The number of halogens is 3. The van der Waals surface area contributed by atoms with Gasteiger partial charge < -0.3 is 37.2 Å². The van der Waals surface area contributed by atoms with Crippen LogP contribution in [0.25, 0.3) is 0 Å². The molecule has 4 aromatic carbocycles. The molecule has 0 heterocycles. The summed E-state index contributed by atoms with van der Waals surface area (Å²) < 4.78 is -0.0822. The van der Waals surface area contributed by atoms with Crippen LogP contribution in [0.3, 0.4) is 0 Å². The fourth-order valence-corrected chi connectivity index (χ4v) is 12.8. The van der Waals surface area contributed by atoms with Gasteiger partial charge in [-0.1, -0.05) is 0 Å². The van der Waals surface area contributed by atoms with Crippen molar-refractivity contribution in [2.45, 2.75) is 9.76 Å². The Morgan fingerprint density at radius 2 is 0.914 bits per heavy atom. The van der Waals surface area contributed by atoms with E-state index in [1.807, 2.05) is 0 Å². The molecule has 1 aliphatic carbocycles. The van der Waals surface area contributed by atoms with Crippen LogP contribution in [0.1, 0.15) is 5.56 Å². The third kappa shape index (κ3) is 5.62. The number of allylic oxidation sites excluding steroid dienone is 4. The van der Waals surface area contributed by atoms with Crippen molar-refractivity contribution in [3.8, 4) is 0 Å². The second-order valence-electron chi connectivity index (χ2n) is 8.43. The predicted octanol–water partition coefficient (Wildman–Crippen LogP) is -3.85. The molecule has 5 heteroatoms. The Morgan fingerprint density at radius 3 is 1.31 bits per heavy atom. The predicted molar refractivity (Wildman–Crippen MR) is 134 cm³/mol. The first kappa shape index (κ1) is 29.4. The Hall–Kier alpha value is -1.84. The first-order valence-electron chi connectivity index (χ1n) is 11.1. The van der Waals surface area contributed by atoms with Gasteiger partial charge in [0.2, 0.25) is 0 Å². The first-order chi connectivity index (χ1) is 15.7. The van der Waals surface area contributed by atoms with Crippen molar-refractivity contribution in [2.24, 2.45) is 0 Å². The van der Waals surface area contributed by atoms with Crippen LogP contribution < -0.4 is 52.8 Å². The van der Waals surface area contributed by atoms with Gasteiger partial charge in [0, 0.05) is 0 Å². The number of rotatable bonds is 6. The molecule has 0 aliphatic heterocycles. The summed E-state index contributed by atoms with van der Waals surface area (Å²) in [6.07, 6.45) is 8.36. The summed E-state index contributed by atoms with van der Waals surface area (Å²) in [6, 6.07) is 44.4. The van der Waals surface area contributed by atoms with Gasteiger partial charge in [0.1, 0.15) is 0 Å². The van der Waals surface area contributed by atoms with Gasteiger partial charge in [-0.2, -0.15) is 0 Å². The average molecular weight is 568 g/mol. The molecule has 1 aliphatic rings. The van der Waals surface area contributed by atoms with Crippen LogP contribution in [0.5, 0.6) is 0 Å². The second kappa shape index (κ2) is 12.9. The summed E-state index contributed by atoms with van der Waals surface area (Å²) >= 11 is 2.45. The molecule has 0 nitrogen and oxygen atoms in total. The summed E-state index contributed by atoms with van der Waals surface area (Å²) in [4.78, 5) is 0. The summed E-state index contributed by atoms with van der Waals surface area (Å²) in [5, 5.41) is 4.34. The molecule has 0 amide bonds. The normalized spacial score (nSPS) is 16.3. The number of hydrogen-bond acceptors (Lipinski definition) is 0. The van der Waals surface area contributed by atoms with Gasteiger partial charge in [0.15, 0.2) is 0 Å². The van der Waals surface area contributed by atoms with E-state index in [-0.39, 0.29) is 40.6 Å². The second-order valence-corrected chi connectivity index (χ2v) is 14.6. The first-order valence-corrected chi connectivity index (χ1v) is 13.9. The van der Waals surface area contributed by atoms with E-state index in [1.165, 1.54) is 26.7 Å². The number of hydrogen-bond donors (Lipinski definition) is 0. The zero-order chi connectivity index (χ0) is 21.9. The summed E-state index contributed by atoms with van der Waals surface area (Å²) in [6.45, 7) is 0. The summed E-state index contributed by atoms with van der Waals surface area (Å²) in [7, 11) is -2.44. The van der Waals surface area contributed by atoms with E-state index in [0.717, 1.165) is 6.42 Å². The Bertz CT molecular complexity index is 1150. The van der Waals surface area contributed by atoms with Crippen LogP contribution in [0.15, 0.2) is 145 Å². The molecule has 0 spiro atoms. The van der Waals surface area contributed by atoms with Crippen LogP contribution >= 0.6 is 0 Å². The molecule has 174 valence electrons. The molecule has 5 rings (SSSR count). The quantitative estimate of drug-likeness (QED) is 0.166. The molecular formula is C30H25Cl3SiTi. The van der Waals surface area contributed by atoms with Crippen molar-refractivity contribution in [3.05, 3.63) is 151 Å². The van der Waals surface area contributed by atoms with Crippen molar-refractivity contribution >= 4 is 23.6 Å². The SMILES string of the molecule is [Cl-].[Cl-].[Cl-].[Ti+3][C]1([Si](c2ccccc2)(c2ccccc2)c2ccccc2)C=CC(Cc2ccccc2)=C1. The van der Waals surface area contributed by atoms with Crippen LogP contribution in [-0.2, 0) is 26.9 Å². The molecule has 0 saturated heterocycles. The molecule has 0 bridgehead atoms. The Balaban J connectivity index is 0.00000144.